The van der Waals surface area contributed by atoms with Gasteiger partial charge in [-0.3, -0.25) is 0 Å². The summed E-state index contributed by atoms with van der Waals surface area (Å²) >= 11 is 0. The summed E-state index contributed by atoms with van der Waals surface area (Å²) in [7, 11) is 0. The zero-order valence-electron chi connectivity index (χ0n) is 12.0. The Hall–Kier alpha value is -2.44. The van der Waals surface area contributed by atoms with Gasteiger partial charge in [0.2, 0.25) is 5.95 Å². The molecule has 0 amide bonds. The van der Waals surface area contributed by atoms with Gasteiger partial charge in [-0.25, -0.2) is 18.4 Å². The van der Waals surface area contributed by atoms with Crippen molar-refractivity contribution < 1.29 is 13.5 Å². The summed E-state index contributed by atoms with van der Waals surface area (Å²) in [5.74, 6) is -1.47. The number of halogens is 2. The van der Waals surface area contributed by atoms with Crippen molar-refractivity contribution in [2.45, 2.75) is 20.8 Å². The van der Waals surface area contributed by atoms with Gasteiger partial charge >= 0.3 is 0 Å². The molecule has 0 radical (unpaired) electrons. The average Bonchev–Trinajstić information content (AvgIpc) is 2.76. The predicted molar refractivity (Wildman–Crippen MR) is 76.6 cm³/mol. The van der Waals surface area contributed by atoms with E-state index < -0.39 is 11.6 Å². The second kappa shape index (κ2) is 5.90. The van der Waals surface area contributed by atoms with E-state index in [1.165, 1.54) is 23.9 Å². The van der Waals surface area contributed by atoms with E-state index in [0.717, 1.165) is 0 Å². The molecule has 1 aromatic carbocycles. The van der Waals surface area contributed by atoms with E-state index in [0.29, 0.717) is 12.3 Å². The molecule has 0 aliphatic rings. The molecule has 0 fully saturated rings. The van der Waals surface area contributed by atoms with E-state index in [9.17, 15) is 8.78 Å². The lowest BCUT2D eigenvalue weighted by molar-refractivity contribution is 0.333. The van der Waals surface area contributed by atoms with Crippen molar-refractivity contribution in [2.75, 3.05) is 12.3 Å². The fourth-order valence-electron chi connectivity index (χ4n) is 1.83. The number of aryl methyl sites for hydroxylation is 1. The molecule has 2 N–H and O–H groups in total. The van der Waals surface area contributed by atoms with E-state index in [-0.39, 0.29) is 22.8 Å². The molecule has 0 aliphatic heterocycles. The molecule has 112 valence electrons. The average molecular weight is 294 g/mol. The van der Waals surface area contributed by atoms with Gasteiger partial charge in [0.05, 0.1) is 24.7 Å². The number of anilines is 1. The van der Waals surface area contributed by atoms with Crippen LogP contribution in [-0.4, -0.2) is 22.5 Å². The van der Waals surface area contributed by atoms with Gasteiger partial charge in [-0.2, -0.15) is 5.10 Å². The summed E-state index contributed by atoms with van der Waals surface area (Å²) in [5.41, 5.74) is 6.41. The van der Waals surface area contributed by atoms with E-state index in [2.05, 4.69) is 10.1 Å². The number of hydrogen-bond donors (Lipinski definition) is 1. The number of rotatable bonds is 4. The van der Waals surface area contributed by atoms with Gasteiger partial charge in [0.1, 0.15) is 5.75 Å². The van der Waals surface area contributed by atoms with Gasteiger partial charge < -0.3 is 10.5 Å². The summed E-state index contributed by atoms with van der Waals surface area (Å²) in [6.45, 7) is 5.34. The number of nitrogen functional groups attached to an aromatic ring is 1. The molecule has 7 heteroatoms. The molecule has 0 saturated carbocycles. The largest absolute Gasteiger partial charge is 0.493 e. The van der Waals surface area contributed by atoms with Crippen molar-refractivity contribution >= 4 is 12.2 Å². The Labute approximate surface area is 121 Å². The third-order valence-electron chi connectivity index (χ3n) is 2.89. The minimum Gasteiger partial charge on any atom is -0.493 e. The normalized spacial score (nSPS) is 11.3. The molecule has 5 nitrogen and oxygen atoms in total. The highest BCUT2D eigenvalue weighted by Crippen LogP contribution is 2.25. The Morgan fingerprint density at radius 1 is 1.38 bits per heavy atom. The lowest BCUT2D eigenvalue weighted by Crippen LogP contribution is -2.03. The van der Waals surface area contributed by atoms with Gasteiger partial charge in [-0.15, -0.1) is 0 Å². The molecular formula is C14H16F2N4O. The molecule has 1 heterocycles. The van der Waals surface area contributed by atoms with Gasteiger partial charge in [-0.05, 0) is 26.8 Å². The number of aromatic nitrogens is 2. The maximum absolute atomic E-state index is 13.9. The summed E-state index contributed by atoms with van der Waals surface area (Å²) in [6, 6.07) is 1.40. The van der Waals surface area contributed by atoms with E-state index in [4.69, 9.17) is 10.5 Å². The Morgan fingerprint density at radius 2 is 2.10 bits per heavy atom. The number of hydrogen-bond acceptors (Lipinski definition) is 4. The molecule has 0 saturated heterocycles. The molecule has 2 rings (SSSR count). The molecule has 0 bridgehead atoms. The van der Waals surface area contributed by atoms with Gasteiger partial charge in [-0.1, -0.05) is 0 Å². The van der Waals surface area contributed by atoms with Crippen LogP contribution in [0.1, 0.15) is 23.7 Å². The second-order valence-corrected chi connectivity index (χ2v) is 4.48. The molecule has 0 atom stereocenters. The third-order valence-corrected chi connectivity index (χ3v) is 2.89. The summed E-state index contributed by atoms with van der Waals surface area (Å²) in [4.78, 5) is 3.96. The molecule has 0 spiro atoms. The Balaban J connectivity index is 2.42. The first-order valence-electron chi connectivity index (χ1n) is 6.41. The second-order valence-electron chi connectivity index (χ2n) is 4.48. The number of imidazole rings is 1. The SMILES string of the molecule is CCOc1cc(C=Nn2cc(C)nc2N)c(F)c(F)c1C. The smallest absolute Gasteiger partial charge is 0.221 e. The molecule has 0 unspecified atom stereocenters. The highest BCUT2D eigenvalue weighted by molar-refractivity contribution is 5.81. The van der Waals surface area contributed by atoms with E-state index in [1.54, 1.807) is 20.0 Å². The van der Waals surface area contributed by atoms with Crippen molar-refractivity contribution in [3.05, 3.63) is 40.7 Å². The minimum absolute atomic E-state index is 0.0210. The number of nitrogens with zero attached hydrogens (tertiary/aromatic N) is 3. The van der Waals surface area contributed by atoms with Crippen LogP contribution in [0.5, 0.6) is 5.75 Å². The maximum Gasteiger partial charge on any atom is 0.221 e. The monoisotopic (exact) mass is 294 g/mol. The predicted octanol–water partition coefficient (Wildman–Crippen LogP) is 2.64. The highest BCUT2D eigenvalue weighted by Gasteiger charge is 2.15. The Bertz CT molecular complexity index is 695. The lowest BCUT2D eigenvalue weighted by Gasteiger charge is -2.10. The molecular weight excluding hydrogens is 278 g/mol. The van der Waals surface area contributed by atoms with Crippen molar-refractivity contribution in [1.29, 1.82) is 0 Å². The fourth-order valence-corrected chi connectivity index (χ4v) is 1.83. The summed E-state index contributed by atoms with van der Waals surface area (Å²) < 4.78 is 34.3. The van der Waals surface area contributed by atoms with Crippen LogP contribution in [0.4, 0.5) is 14.7 Å². The molecule has 0 aliphatic carbocycles. The van der Waals surface area contributed by atoms with Crippen LogP contribution >= 0.6 is 0 Å². The van der Waals surface area contributed by atoms with Gasteiger partial charge in [0, 0.05) is 11.1 Å². The highest BCUT2D eigenvalue weighted by atomic mass is 19.2. The van der Waals surface area contributed by atoms with Crippen molar-refractivity contribution in [1.82, 2.24) is 9.66 Å². The summed E-state index contributed by atoms with van der Waals surface area (Å²) in [6.07, 6.45) is 2.76. The third kappa shape index (κ3) is 3.01. The van der Waals surface area contributed by atoms with Crippen LogP contribution in [0.3, 0.4) is 0 Å². The fraction of sp³-hybridized carbons (Fsp3) is 0.286. The zero-order chi connectivity index (χ0) is 15.6. The van der Waals surface area contributed by atoms with Gasteiger partial charge in [0.25, 0.3) is 0 Å². The first-order chi connectivity index (χ1) is 9.93. The first-order valence-corrected chi connectivity index (χ1v) is 6.41. The number of benzene rings is 1. The molecule has 21 heavy (non-hydrogen) atoms. The summed E-state index contributed by atoms with van der Waals surface area (Å²) in [5, 5.41) is 3.97. The topological polar surface area (TPSA) is 65.4 Å². The van der Waals surface area contributed by atoms with Crippen molar-refractivity contribution in [3.63, 3.8) is 0 Å². The maximum atomic E-state index is 13.9. The molecule has 1 aromatic heterocycles. The van der Waals surface area contributed by atoms with Crippen LogP contribution in [-0.2, 0) is 0 Å². The van der Waals surface area contributed by atoms with Crippen LogP contribution < -0.4 is 10.5 Å². The Morgan fingerprint density at radius 3 is 2.67 bits per heavy atom. The zero-order valence-corrected chi connectivity index (χ0v) is 12.0. The van der Waals surface area contributed by atoms with Crippen molar-refractivity contribution in [3.8, 4) is 5.75 Å². The van der Waals surface area contributed by atoms with E-state index >= 15 is 0 Å². The van der Waals surface area contributed by atoms with Crippen LogP contribution in [0.2, 0.25) is 0 Å². The first kappa shape index (κ1) is 15.0. The number of nitrogens with two attached hydrogens (primary N) is 1. The molecule has 2 aromatic rings. The Kier molecular flexibility index (Phi) is 4.21. The standard InChI is InChI=1S/C14H16F2N4O/c1-4-21-11-5-10(13(16)12(15)9(11)3)6-18-20-7-8(2)19-14(20)17/h5-7H,4H2,1-3H3,(H2,17,19). The quantitative estimate of drug-likeness (QED) is 0.882. The van der Waals surface area contributed by atoms with Crippen LogP contribution in [0.15, 0.2) is 17.4 Å². The van der Waals surface area contributed by atoms with Crippen LogP contribution in [0, 0.1) is 25.5 Å². The minimum atomic E-state index is -0.977. The van der Waals surface area contributed by atoms with Crippen LogP contribution in [0.25, 0.3) is 0 Å². The lowest BCUT2D eigenvalue weighted by atomic mass is 10.1. The van der Waals surface area contributed by atoms with Crippen molar-refractivity contribution in [2.24, 2.45) is 5.10 Å². The van der Waals surface area contributed by atoms with E-state index in [1.807, 2.05) is 0 Å². The van der Waals surface area contributed by atoms with Gasteiger partial charge in [0.15, 0.2) is 11.6 Å². The number of ether oxygens (including phenoxy) is 1.